The lowest BCUT2D eigenvalue weighted by atomic mass is 10.2. The van der Waals surface area contributed by atoms with Gasteiger partial charge in [-0.1, -0.05) is 0 Å². The van der Waals surface area contributed by atoms with Gasteiger partial charge in [-0.25, -0.2) is 0 Å². The first-order chi connectivity index (χ1) is 10.0. The number of ether oxygens (including phenoxy) is 2. The summed E-state index contributed by atoms with van der Waals surface area (Å²) in [5.41, 5.74) is 1.34. The molecule has 2 aromatic rings. The van der Waals surface area contributed by atoms with Crippen molar-refractivity contribution in [3.8, 4) is 11.5 Å². The Labute approximate surface area is 123 Å². The van der Waals surface area contributed by atoms with E-state index in [4.69, 9.17) is 9.47 Å². The van der Waals surface area contributed by atoms with Gasteiger partial charge in [0.15, 0.2) is 11.5 Å². The Morgan fingerprint density at radius 2 is 2.10 bits per heavy atom. The van der Waals surface area contributed by atoms with Gasteiger partial charge in [-0.05, 0) is 32.0 Å². The predicted molar refractivity (Wildman–Crippen MR) is 80.1 cm³/mol. The van der Waals surface area contributed by atoms with Gasteiger partial charge in [-0.3, -0.25) is 9.48 Å². The Balaban J connectivity index is 2.22. The average Bonchev–Trinajstić information content (AvgIpc) is 2.77. The van der Waals surface area contributed by atoms with Gasteiger partial charge in [-0.2, -0.15) is 5.10 Å². The van der Waals surface area contributed by atoms with E-state index < -0.39 is 0 Å². The minimum absolute atomic E-state index is 0.221. The van der Waals surface area contributed by atoms with Crippen LogP contribution in [0.1, 0.15) is 23.0 Å². The number of carbonyl (C=O) groups excluding carboxylic acids is 1. The summed E-state index contributed by atoms with van der Waals surface area (Å²) >= 11 is 0. The van der Waals surface area contributed by atoms with Crippen LogP contribution >= 0.6 is 0 Å². The number of nitrogens with one attached hydrogen (secondary N) is 1. The smallest absolute Gasteiger partial charge is 0.256 e. The van der Waals surface area contributed by atoms with Gasteiger partial charge in [0.2, 0.25) is 0 Å². The van der Waals surface area contributed by atoms with Crippen molar-refractivity contribution in [1.82, 2.24) is 9.78 Å². The minimum Gasteiger partial charge on any atom is -0.493 e. The van der Waals surface area contributed by atoms with Crippen LogP contribution in [0.2, 0.25) is 0 Å². The summed E-state index contributed by atoms with van der Waals surface area (Å²) in [7, 11) is 3.35. The predicted octanol–water partition coefficient (Wildman–Crippen LogP) is 2.39. The number of aromatic nitrogens is 2. The molecule has 0 aliphatic rings. The van der Waals surface area contributed by atoms with Crippen molar-refractivity contribution < 1.29 is 14.3 Å². The van der Waals surface area contributed by atoms with Crippen LogP contribution in [0.15, 0.2) is 24.3 Å². The second kappa shape index (κ2) is 6.30. The zero-order valence-electron chi connectivity index (χ0n) is 12.6. The molecule has 21 heavy (non-hydrogen) atoms. The fourth-order valence-corrected chi connectivity index (χ4v) is 2.00. The molecule has 6 nitrogen and oxygen atoms in total. The largest absolute Gasteiger partial charge is 0.493 e. The Morgan fingerprint density at radius 1 is 1.33 bits per heavy atom. The van der Waals surface area contributed by atoms with Crippen molar-refractivity contribution in [2.24, 2.45) is 7.05 Å². The monoisotopic (exact) mass is 289 g/mol. The van der Waals surface area contributed by atoms with E-state index in [0.717, 1.165) is 5.69 Å². The molecule has 0 aliphatic heterocycles. The van der Waals surface area contributed by atoms with E-state index in [0.29, 0.717) is 29.5 Å². The first-order valence-electron chi connectivity index (χ1n) is 6.68. The molecule has 0 saturated heterocycles. The number of hydrogen-bond donors (Lipinski definition) is 1. The van der Waals surface area contributed by atoms with Crippen LogP contribution in [0.3, 0.4) is 0 Å². The van der Waals surface area contributed by atoms with Crippen molar-refractivity contribution in [2.75, 3.05) is 19.0 Å². The molecule has 0 radical (unpaired) electrons. The van der Waals surface area contributed by atoms with Crippen LogP contribution in [0, 0.1) is 6.92 Å². The number of carbonyl (C=O) groups is 1. The van der Waals surface area contributed by atoms with Gasteiger partial charge in [-0.15, -0.1) is 0 Å². The molecule has 1 aromatic heterocycles. The Hall–Kier alpha value is -2.50. The normalized spacial score (nSPS) is 10.3. The molecule has 0 unspecified atom stereocenters. The van der Waals surface area contributed by atoms with E-state index in [1.54, 1.807) is 37.0 Å². The number of benzene rings is 1. The van der Waals surface area contributed by atoms with Gasteiger partial charge in [0.25, 0.3) is 5.91 Å². The summed E-state index contributed by atoms with van der Waals surface area (Å²) < 4.78 is 12.3. The maximum Gasteiger partial charge on any atom is 0.256 e. The first-order valence-corrected chi connectivity index (χ1v) is 6.68. The number of rotatable bonds is 5. The van der Waals surface area contributed by atoms with Crippen LogP contribution in [0.25, 0.3) is 0 Å². The lowest BCUT2D eigenvalue weighted by Gasteiger charge is -2.11. The highest BCUT2D eigenvalue weighted by Crippen LogP contribution is 2.28. The van der Waals surface area contributed by atoms with Crippen molar-refractivity contribution in [3.63, 3.8) is 0 Å². The molecule has 112 valence electrons. The molecule has 1 amide bonds. The molecule has 0 aliphatic carbocycles. The first kappa shape index (κ1) is 14.9. The van der Waals surface area contributed by atoms with Crippen molar-refractivity contribution >= 4 is 11.7 Å². The van der Waals surface area contributed by atoms with Gasteiger partial charge in [0.05, 0.1) is 19.4 Å². The number of anilines is 1. The van der Waals surface area contributed by atoms with Crippen LogP contribution in [-0.4, -0.2) is 29.4 Å². The third-order valence-corrected chi connectivity index (χ3v) is 2.97. The van der Waals surface area contributed by atoms with E-state index >= 15 is 0 Å². The average molecular weight is 289 g/mol. The molecule has 0 spiro atoms. The number of methoxy groups -OCH3 is 1. The number of hydrogen-bond acceptors (Lipinski definition) is 4. The van der Waals surface area contributed by atoms with Crippen molar-refractivity contribution in [3.05, 3.63) is 35.5 Å². The molecule has 2 rings (SSSR count). The molecule has 0 bridgehead atoms. The lowest BCUT2D eigenvalue weighted by Crippen LogP contribution is -2.14. The standard InChI is InChI=1S/C15H19N3O3/c1-5-21-13-9-11(6-7-12(13)20-4)15(19)16-14-8-10(2)17-18(14)3/h6-9H,5H2,1-4H3,(H,16,19). The van der Waals surface area contributed by atoms with E-state index in [-0.39, 0.29) is 5.91 Å². The zero-order chi connectivity index (χ0) is 15.4. The van der Waals surface area contributed by atoms with Gasteiger partial charge in [0, 0.05) is 18.7 Å². The summed E-state index contributed by atoms with van der Waals surface area (Å²) in [6.07, 6.45) is 0. The summed E-state index contributed by atoms with van der Waals surface area (Å²) in [6, 6.07) is 6.89. The molecular weight excluding hydrogens is 270 g/mol. The van der Waals surface area contributed by atoms with Crippen LogP contribution in [0.5, 0.6) is 11.5 Å². The van der Waals surface area contributed by atoms with E-state index in [2.05, 4.69) is 10.4 Å². The fourth-order valence-electron chi connectivity index (χ4n) is 2.00. The third kappa shape index (κ3) is 3.34. The molecule has 0 atom stereocenters. The lowest BCUT2D eigenvalue weighted by molar-refractivity contribution is 0.102. The fraction of sp³-hybridized carbons (Fsp3) is 0.333. The van der Waals surface area contributed by atoms with Crippen LogP contribution in [-0.2, 0) is 7.05 Å². The molecule has 1 heterocycles. The topological polar surface area (TPSA) is 65.4 Å². The summed E-state index contributed by atoms with van der Waals surface area (Å²) in [5.74, 6) is 1.58. The summed E-state index contributed by atoms with van der Waals surface area (Å²) in [6.45, 7) is 4.25. The molecule has 0 saturated carbocycles. The van der Waals surface area contributed by atoms with Gasteiger partial charge in [0.1, 0.15) is 5.82 Å². The van der Waals surface area contributed by atoms with Crippen molar-refractivity contribution in [1.29, 1.82) is 0 Å². The molecule has 1 aromatic carbocycles. The SMILES string of the molecule is CCOc1cc(C(=O)Nc2cc(C)nn2C)ccc1OC. The third-order valence-electron chi connectivity index (χ3n) is 2.97. The Kier molecular flexibility index (Phi) is 4.47. The molecular formula is C15H19N3O3. The Morgan fingerprint density at radius 3 is 2.67 bits per heavy atom. The van der Waals surface area contributed by atoms with E-state index in [9.17, 15) is 4.79 Å². The second-order valence-electron chi connectivity index (χ2n) is 4.55. The van der Waals surface area contributed by atoms with E-state index in [1.807, 2.05) is 19.9 Å². The number of nitrogens with zero attached hydrogens (tertiary/aromatic N) is 2. The van der Waals surface area contributed by atoms with Gasteiger partial charge < -0.3 is 14.8 Å². The van der Waals surface area contributed by atoms with Gasteiger partial charge >= 0.3 is 0 Å². The highest BCUT2D eigenvalue weighted by Gasteiger charge is 2.13. The maximum absolute atomic E-state index is 12.3. The maximum atomic E-state index is 12.3. The minimum atomic E-state index is -0.221. The van der Waals surface area contributed by atoms with Crippen molar-refractivity contribution in [2.45, 2.75) is 13.8 Å². The van der Waals surface area contributed by atoms with E-state index in [1.165, 1.54) is 0 Å². The highest BCUT2D eigenvalue weighted by molar-refractivity contribution is 6.04. The summed E-state index contributed by atoms with van der Waals surface area (Å²) in [4.78, 5) is 12.3. The number of amides is 1. The number of aryl methyl sites for hydroxylation is 2. The highest BCUT2D eigenvalue weighted by atomic mass is 16.5. The molecule has 1 N–H and O–H groups in total. The quantitative estimate of drug-likeness (QED) is 0.918. The zero-order valence-corrected chi connectivity index (χ0v) is 12.6. The molecule has 0 fully saturated rings. The second-order valence-corrected chi connectivity index (χ2v) is 4.55. The van der Waals surface area contributed by atoms with Crippen LogP contribution in [0.4, 0.5) is 5.82 Å². The Bertz CT molecular complexity index is 650. The van der Waals surface area contributed by atoms with Crippen LogP contribution < -0.4 is 14.8 Å². The molecule has 6 heteroatoms. The summed E-state index contributed by atoms with van der Waals surface area (Å²) in [5, 5.41) is 7.01.